The van der Waals surface area contributed by atoms with Crippen LogP contribution in [0.3, 0.4) is 0 Å². The number of Topliss-reactive ketones (excluding diaryl/α,β-unsaturated/α-hetero) is 1. The van der Waals surface area contributed by atoms with Gasteiger partial charge in [0.2, 0.25) is 0 Å². The Morgan fingerprint density at radius 2 is 1.62 bits per heavy atom. The second kappa shape index (κ2) is 5.99. The Balaban J connectivity index is 2.23. The van der Waals surface area contributed by atoms with E-state index >= 15 is 0 Å². The highest BCUT2D eigenvalue weighted by molar-refractivity contribution is 9.10. The Kier molecular flexibility index (Phi) is 4.49. The van der Waals surface area contributed by atoms with E-state index in [2.05, 4.69) is 15.9 Å². The Labute approximate surface area is 131 Å². The van der Waals surface area contributed by atoms with Crippen LogP contribution in [0, 0.1) is 0 Å². The van der Waals surface area contributed by atoms with E-state index in [1.165, 1.54) is 19.1 Å². The summed E-state index contributed by atoms with van der Waals surface area (Å²) < 4.78 is 29.0. The van der Waals surface area contributed by atoms with Crippen molar-refractivity contribution in [3.63, 3.8) is 0 Å². The lowest BCUT2D eigenvalue weighted by Gasteiger charge is -2.08. The van der Waals surface area contributed by atoms with E-state index in [0.29, 0.717) is 21.5 Å². The molecule has 0 bridgehead atoms. The highest BCUT2D eigenvalue weighted by Gasteiger charge is 2.09. The van der Waals surface area contributed by atoms with Gasteiger partial charge >= 0.3 is 0 Å². The van der Waals surface area contributed by atoms with Gasteiger partial charge in [-0.2, -0.15) is 0 Å². The predicted molar refractivity (Wildman–Crippen MR) is 83.8 cm³/mol. The number of hydrogen-bond acceptors (Lipinski definition) is 4. The summed E-state index contributed by atoms with van der Waals surface area (Å²) in [6.45, 7) is 1.49. The number of rotatable bonds is 4. The Bertz CT molecular complexity index is 780. The maximum atomic E-state index is 11.4. The van der Waals surface area contributed by atoms with Gasteiger partial charge in [0, 0.05) is 16.3 Å². The highest BCUT2D eigenvalue weighted by atomic mass is 79.9. The minimum Gasteiger partial charge on any atom is -0.457 e. The number of ether oxygens (including phenoxy) is 1. The van der Waals surface area contributed by atoms with Crippen LogP contribution in [0.4, 0.5) is 0 Å². The molecule has 0 saturated heterocycles. The summed E-state index contributed by atoms with van der Waals surface area (Å²) in [6.07, 6.45) is 1.15. The molecule has 0 amide bonds. The Morgan fingerprint density at radius 3 is 2.10 bits per heavy atom. The SMILES string of the molecule is CC(=O)c1ccc(Oc2ccc(S(C)(=O)=O)cc2)cc1Br. The lowest BCUT2D eigenvalue weighted by molar-refractivity contribution is 0.101. The van der Waals surface area contributed by atoms with Crippen molar-refractivity contribution in [1.29, 1.82) is 0 Å². The zero-order valence-electron chi connectivity index (χ0n) is 11.5. The van der Waals surface area contributed by atoms with E-state index in [-0.39, 0.29) is 10.7 Å². The third kappa shape index (κ3) is 3.92. The first-order chi connectivity index (χ1) is 9.77. The molecule has 2 aromatic rings. The zero-order chi connectivity index (χ0) is 15.6. The lowest BCUT2D eigenvalue weighted by atomic mass is 10.1. The molecular formula is C15H13BrO4S. The molecule has 0 aromatic heterocycles. The quantitative estimate of drug-likeness (QED) is 0.769. The van der Waals surface area contributed by atoms with Gasteiger partial charge in [0.05, 0.1) is 4.90 Å². The van der Waals surface area contributed by atoms with Crippen LogP contribution in [0.1, 0.15) is 17.3 Å². The third-order valence-electron chi connectivity index (χ3n) is 2.81. The molecular weight excluding hydrogens is 356 g/mol. The van der Waals surface area contributed by atoms with Gasteiger partial charge in [-0.05, 0) is 65.3 Å². The number of hydrogen-bond donors (Lipinski definition) is 0. The van der Waals surface area contributed by atoms with Crippen molar-refractivity contribution in [2.45, 2.75) is 11.8 Å². The summed E-state index contributed by atoms with van der Waals surface area (Å²) in [7, 11) is -3.21. The van der Waals surface area contributed by atoms with E-state index < -0.39 is 9.84 Å². The summed E-state index contributed by atoms with van der Waals surface area (Å²) in [5, 5.41) is 0. The molecule has 4 nitrogen and oxygen atoms in total. The largest absolute Gasteiger partial charge is 0.457 e. The van der Waals surface area contributed by atoms with Gasteiger partial charge in [-0.15, -0.1) is 0 Å². The zero-order valence-corrected chi connectivity index (χ0v) is 13.9. The van der Waals surface area contributed by atoms with Crippen molar-refractivity contribution in [1.82, 2.24) is 0 Å². The summed E-state index contributed by atoms with van der Waals surface area (Å²) in [6, 6.07) is 11.2. The molecule has 0 radical (unpaired) electrons. The molecule has 0 heterocycles. The van der Waals surface area contributed by atoms with Gasteiger partial charge in [-0.3, -0.25) is 4.79 Å². The second-order valence-corrected chi connectivity index (χ2v) is 7.41. The highest BCUT2D eigenvalue weighted by Crippen LogP contribution is 2.28. The van der Waals surface area contributed by atoms with E-state index in [1.54, 1.807) is 30.3 Å². The van der Waals surface area contributed by atoms with Crippen molar-refractivity contribution in [2.75, 3.05) is 6.26 Å². The van der Waals surface area contributed by atoms with Crippen LogP contribution < -0.4 is 4.74 Å². The van der Waals surface area contributed by atoms with Crippen LogP contribution in [-0.4, -0.2) is 20.5 Å². The summed E-state index contributed by atoms with van der Waals surface area (Å²) in [5.41, 5.74) is 0.578. The monoisotopic (exact) mass is 368 g/mol. The summed E-state index contributed by atoms with van der Waals surface area (Å²) in [5.74, 6) is 1.04. The molecule has 0 saturated carbocycles. The summed E-state index contributed by atoms with van der Waals surface area (Å²) in [4.78, 5) is 11.6. The lowest BCUT2D eigenvalue weighted by Crippen LogP contribution is -1.96. The van der Waals surface area contributed by atoms with Crippen LogP contribution in [0.25, 0.3) is 0 Å². The molecule has 21 heavy (non-hydrogen) atoms. The molecule has 0 N–H and O–H groups in total. The second-order valence-electron chi connectivity index (χ2n) is 4.54. The molecule has 110 valence electrons. The molecule has 0 fully saturated rings. The number of carbonyl (C=O) groups excluding carboxylic acids is 1. The van der Waals surface area contributed by atoms with Crippen LogP contribution in [0.2, 0.25) is 0 Å². The molecule has 0 spiro atoms. The molecule has 2 aromatic carbocycles. The van der Waals surface area contributed by atoms with Crippen LogP contribution in [-0.2, 0) is 9.84 Å². The Morgan fingerprint density at radius 1 is 1.05 bits per heavy atom. The Hall–Kier alpha value is -1.66. The molecule has 2 rings (SSSR count). The maximum Gasteiger partial charge on any atom is 0.175 e. The van der Waals surface area contributed by atoms with Gasteiger partial charge in [-0.1, -0.05) is 0 Å². The standard InChI is InChI=1S/C15H13BrO4S/c1-10(17)14-8-5-12(9-15(14)16)20-11-3-6-13(7-4-11)21(2,18)19/h3-9H,1-2H3. The number of halogens is 1. The molecule has 0 atom stereocenters. The first kappa shape index (κ1) is 15.7. The van der Waals surface area contributed by atoms with E-state index in [9.17, 15) is 13.2 Å². The van der Waals surface area contributed by atoms with Crippen molar-refractivity contribution in [2.24, 2.45) is 0 Å². The number of ketones is 1. The average molecular weight is 369 g/mol. The smallest absolute Gasteiger partial charge is 0.175 e. The van der Waals surface area contributed by atoms with Crippen LogP contribution in [0.15, 0.2) is 51.8 Å². The van der Waals surface area contributed by atoms with Gasteiger partial charge < -0.3 is 4.74 Å². The van der Waals surface area contributed by atoms with E-state index in [1.807, 2.05) is 0 Å². The fraction of sp³-hybridized carbons (Fsp3) is 0.133. The van der Waals surface area contributed by atoms with Gasteiger partial charge in [0.1, 0.15) is 11.5 Å². The minimum atomic E-state index is -3.21. The van der Waals surface area contributed by atoms with Gasteiger partial charge in [0.15, 0.2) is 15.6 Å². The minimum absolute atomic E-state index is 0.0362. The molecule has 0 aliphatic carbocycles. The molecule has 0 aliphatic rings. The third-order valence-corrected chi connectivity index (χ3v) is 4.59. The van der Waals surface area contributed by atoms with Gasteiger partial charge in [0.25, 0.3) is 0 Å². The summed E-state index contributed by atoms with van der Waals surface area (Å²) >= 11 is 3.32. The van der Waals surface area contributed by atoms with Crippen LogP contribution in [0.5, 0.6) is 11.5 Å². The normalized spacial score (nSPS) is 11.2. The molecule has 0 unspecified atom stereocenters. The number of sulfone groups is 1. The molecule has 0 aliphatic heterocycles. The van der Waals surface area contributed by atoms with Crippen molar-refractivity contribution in [3.05, 3.63) is 52.5 Å². The van der Waals surface area contributed by atoms with Gasteiger partial charge in [-0.25, -0.2) is 8.42 Å². The predicted octanol–water partition coefficient (Wildman–Crippen LogP) is 3.85. The topological polar surface area (TPSA) is 60.4 Å². The fourth-order valence-electron chi connectivity index (χ4n) is 1.74. The molecule has 6 heteroatoms. The van der Waals surface area contributed by atoms with E-state index in [0.717, 1.165) is 6.26 Å². The number of carbonyl (C=O) groups is 1. The van der Waals surface area contributed by atoms with Crippen molar-refractivity contribution in [3.8, 4) is 11.5 Å². The first-order valence-electron chi connectivity index (χ1n) is 6.06. The fourth-order valence-corrected chi connectivity index (χ4v) is 3.00. The van der Waals surface area contributed by atoms with Crippen LogP contribution >= 0.6 is 15.9 Å². The van der Waals surface area contributed by atoms with E-state index in [4.69, 9.17) is 4.74 Å². The number of benzene rings is 2. The first-order valence-corrected chi connectivity index (χ1v) is 8.74. The van der Waals surface area contributed by atoms with Crippen molar-refractivity contribution < 1.29 is 17.9 Å². The van der Waals surface area contributed by atoms with Crippen molar-refractivity contribution >= 4 is 31.6 Å². The average Bonchev–Trinajstić information content (AvgIpc) is 2.38. The maximum absolute atomic E-state index is 11.4.